The molecule has 0 aliphatic rings. The Kier molecular flexibility index (Phi) is 6.85. The summed E-state index contributed by atoms with van der Waals surface area (Å²) in [5.74, 6) is 0. The first kappa shape index (κ1) is 32.5. The first-order chi connectivity index (χ1) is 29.3. The van der Waals surface area contributed by atoms with Crippen LogP contribution < -0.4 is 4.90 Å². The minimum absolute atomic E-state index is 0.790. The Bertz CT molecular complexity index is 3810. The van der Waals surface area contributed by atoms with E-state index in [0.717, 1.165) is 105 Å². The molecule has 13 aromatic rings. The molecule has 0 unspecified atom stereocenters. The lowest BCUT2D eigenvalue weighted by Gasteiger charge is -2.27. The topological polar surface area (TPSA) is 42.7 Å². The van der Waals surface area contributed by atoms with Crippen molar-refractivity contribution in [2.75, 3.05) is 4.90 Å². The average Bonchev–Trinajstić information content (AvgIpc) is 4.06. The van der Waals surface area contributed by atoms with Crippen molar-refractivity contribution in [2.45, 2.75) is 0 Å². The van der Waals surface area contributed by atoms with E-state index in [-0.39, 0.29) is 0 Å². The number of furan rings is 3. The maximum absolute atomic E-state index is 7.21. The molecule has 0 amide bonds. The van der Waals surface area contributed by atoms with E-state index in [9.17, 15) is 0 Å². The maximum atomic E-state index is 7.21. The standard InChI is InChI=1S/C54H31NO3S/c1-2-14-32(15-3-1)34-16-4-8-23-43(34)55(44-24-13-20-38-35-17-5-9-25-45(35)57-52(38)44)33-28-29-36-42-31-48-50(40-19-6-10-26-46(40)56-48)51(53(42)58-47(36)30-33)41-22-12-21-39-37-18-7-11-27-49(37)59-54(39)41/h1-31H. The van der Waals surface area contributed by atoms with Crippen molar-refractivity contribution in [3.63, 3.8) is 0 Å². The second-order valence-corrected chi connectivity index (χ2v) is 16.2. The van der Waals surface area contributed by atoms with Gasteiger partial charge in [0.25, 0.3) is 0 Å². The molecule has 0 saturated carbocycles. The van der Waals surface area contributed by atoms with Crippen molar-refractivity contribution in [3.8, 4) is 22.3 Å². The molecule has 0 fully saturated rings. The molecular formula is C54H31NO3S. The number of nitrogens with zero attached hydrogens (tertiary/aromatic N) is 1. The van der Waals surface area contributed by atoms with E-state index < -0.39 is 0 Å². The quantitative estimate of drug-likeness (QED) is 0.175. The molecule has 0 aliphatic heterocycles. The normalized spacial score (nSPS) is 12.1. The van der Waals surface area contributed by atoms with Crippen LogP contribution in [-0.4, -0.2) is 0 Å². The molecule has 0 aliphatic carbocycles. The highest BCUT2D eigenvalue weighted by Gasteiger charge is 2.26. The van der Waals surface area contributed by atoms with Gasteiger partial charge >= 0.3 is 0 Å². The molecule has 5 heteroatoms. The van der Waals surface area contributed by atoms with Gasteiger partial charge in [-0.3, -0.25) is 0 Å². The third kappa shape index (κ3) is 4.77. The van der Waals surface area contributed by atoms with Crippen LogP contribution in [0, 0.1) is 0 Å². The Labute approximate surface area is 341 Å². The number of hydrogen-bond donors (Lipinski definition) is 0. The smallest absolute Gasteiger partial charge is 0.159 e. The van der Waals surface area contributed by atoms with Gasteiger partial charge in [0, 0.05) is 75.2 Å². The number of benzene rings is 9. The maximum Gasteiger partial charge on any atom is 0.159 e. The Morgan fingerprint density at radius 3 is 1.92 bits per heavy atom. The van der Waals surface area contributed by atoms with E-state index in [0.29, 0.717) is 0 Å². The highest BCUT2D eigenvalue weighted by atomic mass is 32.1. The van der Waals surface area contributed by atoms with E-state index in [1.807, 2.05) is 29.5 Å². The van der Waals surface area contributed by atoms with Crippen LogP contribution in [0.25, 0.3) is 108 Å². The molecule has 0 atom stereocenters. The minimum Gasteiger partial charge on any atom is -0.456 e. The zero-order valence-corrected chi connectivity index (χ0v) is 32.3. The van der Waals surface area contributed by atoms with Gasteiger partial charge in [0.2, 0.25) is 0 Å². The van der Waals surface area contributed by atoms with Gasteiger partial charge in [-0.15, -0.1) is 11.3 Å². The fourth-order valence-corrected chi connectivity index (χ4v) is 10.5. The van der Waals surface area contributed by atoms with Gasteiger partial charge in [-0.2, -0.15) is 0 Å². The molecule has 0 spiro atoms. The monoisotopic (exact) mass is 773 g/mol. The van der Waals surface area contributed by atoms with E-state index in [4.69, 9.17) is 13.3 Å². The summed E-state index contributed by atoms with van der Waals surface area (Å²) in [5.41, 5.74) is 12.4. The van der Waals surface area contributed by atoms with Gasteiger partial charge in [0.15, 0.2) is 5.58 Å². The number of fused-ring (bicyclic) bond motifs is 12. The van der Waals surface area contributed by atoms with Crippen LogP contribution >= 0.6 is 11.3 Å². The highest BCUT2D eigenvalue weighted by Crippen LogP contribution is 2.51. The Morgan fingerprint density at radius 1 is 0.373 bits per heavy atom. The fourth-order valence-electron chi connectivity index (χ4n) is 9.29. The molecule has 9 aromatic carbocycles. The van der Waals surface area contributed by atoms with Crippen LogP contribution in [0.5, 0.6) is 0 Å². The summed E-state index contributed by atoms with van der Waals surface area (Å²) in [6, 6.07) is 66.2. The fraction of sp³-hybridized carbons (Fsp3) is 0. The summed E-state index contributed by atoms with van der Waals surface area (Å²) in [7, 11) is 0. The van der Waals surface area contributed by atoms with Gasteiger partial charge in [0.1, 0.15) is 27.9 Å². The number of rotatable bonds is 5. The van der Waals surface area contributed by atoms with Gasteiger partial charge in [-0.1, -0.05) is 133 Å². The first-order valence-electron chi connectivity index (χ1n) is 19.8. The van der Waals surface area contributed by atoms with Crippen molar-refractivity contribution in [1.29, 1.82) is 0 Å². The second kappa shape index (κ2) is 12.4. The van der Waals surface area contributed by atoms with Crippen LogP contribution in [-0.2, 0) is 0 Å². The van der Waals surface area contributed by atoms with E-state index in [2.05, 4.69) is 175 Å². The molecule has 0 saturated heterocycles. The lowest BCUT2D eigenvalue weighted by atomic mass is 9.95. The lowest BCUT2D eigenvalue weighted by Crippen LogP contribution is -2.11. The second-order valence-electron chi connectivity index (χ2n) is 15.1. The van der Waals surface area contributed by atoms with E-state index >= 15 is 0 Å². The largest absolute Gasteiger partial charge is 0.456 e. The molecule has 4 heterocycles. The van der Waals surface area contributed by atoms with Gasteiger partial charge in [-0.25, -0.2) is 0 Å². The highest BCUT2D eigenvalue weighted by molar-refractivity contribution is 7.26. The molecule has 4 aromatic heterocycles. The Hall–Kier alpha value is -7.60. The lowest BCUT2D eigenvalue weighted by molar-refractivity contribution is 0.664. The predicted molar refractivity (Wildman–Crippen MR) is 247 cm³/mol. The molecule has 276 valence electrons. The molecule has 4 nitrogen and oxygen atoms in total. The molecule has 0 N–H and O–H groups in total. The summed E-state index contributed by atoms with van der Waals surface area (Å²) < 4.78 is 23.1. The van der Waals surface area contributed by atoms with Crippen LogP contribution in [0.3, 0.4) is 0 Å². The van der Waals surface area contributed by atoms with Crippen molar-refractivity contribution in [2.24, 2.45) is 0 Å². The molecule has 0 radical (unpaired) electrons. The minimum atomic E-state index is 0.790. The third-order valence-corrected chi connectivity index (χ3v) is 13.1. The number of para-hydroxylation sites is 4. The molecule has 0 bridgehead atoms. The Balaban J connectivity index is 1.11. The number of hydrogen-bond acceptors (Lipinski definition) is 5. The zero-order valence-electron chi connectivity index (χ0n) is 31.5. The van der Waals surface area contributed by atoms with Crippen LogP contribution in [0.15, 0.2) is 201 Å². The zero-order chi connectivity index (χ0) is 38.6. The van der Waals surface area contributed by atoms with Crippen molar-refractivity contribution < 1.29 is 13.3 Å². The first-order valence-corrected chi connectivity index (χ1v) is 20.6. The van der Waals surface area contributed by atoms with Crippen LogP contribution in [0.4, 0.5) is 17.1 Å². The molecule has 59 heavy (non-hydrogen) atoms. The van der Waals surface area contributed by atoms with Gasteiger partial charge < -0.3 is 18.2 Å². The van der Waals surface area contributed by atoms with Crippen LogP contribution in [0.2, 0.25) is 0 Å². The van der Waals surface area contributed by atoms with Crippen molar-refractivity contribution >= 4 is 114 Å². The number of anilines is 3. The average molecular weight is 774 g/mol. The van der Waals surface area contributed by atoms with E-state index in [1.54, 1.807) is 0 Å². The summed E-state index contributed by atoms with van der Waals surface area (Å²) in [6.07, 6.45) is 0. The third-order valence-electron chi connectivity index (χ3n) is 11.9. The predicted octanol–water partition coefficient (Wildman–Crippen LogP) is 16.6. The summed E-state index contributed by atoms with van der Waals surface area (Å²) in [4.78, 5) is 2.32. The SMILES string of the molecule is c1ccc(-c2ccccc2N(c2ccc3c(c2)oc2c(-c4cccc5c4sc4ccccc45)c4c(cc23)oc2ccccc24)c2cccc3c2oc2ccccc23)cc1. The summed E-state index contributed by atoms with van der Waals surface area (Å²) in [5, 5.41) is 8.84. The molecule has 13 rings (SSSR count). The Morgan fingerprint density at radius 2 is 1.02 bits per heavy atom. The number of thiophene rings is 1. The van der Waals surface area contributed by atoms with Crippen LogP contribution in [0.1, 0.15) is 0 Å². The van der Waals surface area contributed by atoms with Crippen molar-refractivity contribution in [1.82, 2.24) is 0 Å². The summed E-state index contributed by atoms with van der Waals surface area (Å²) in [6.45, 7) is 0. The summed E-state index contributed by atoms with van der Waals surface area (Å²) >= 11 is 1.83. The van der Waals surface area contributed by atoms with Gasteiger partial charge in [-0.05, 0) is 54.1 Å². The van der Waals surface area contributed by atoms with Gasteiger partial charge in [0.05, 0.1) is 17.1 Å². The molecular weight excluding hydrogens is 743 g/mol. The van der Waals surface area contributed by atoms with E-state index in [1.165, 1.54) is 20.2 Å². The van der Waals surface area contributed by atoms with Crippen molar-refractivity contribution in [3.05, 3.63) is 188 Å².